The number of nitrogens with zero attached hydrogens (tertiary/aromatic N) is 3. The summed E-state index contributed by atoms with van der Waals surface area (Å²) in [5, 5.41) is 11.8. The highest BCUT2D eigenvalue weighted by molar-refractivity contribution is 5.69. The Balaban J connectivity index is 2.30. The van der Waals surface area contributed by atoms with Crippen molar-refractivity contribution in [1.82, 2.24) is 9.97 Å². The molecule has 0 atom stereocenters. The molecule has 1 rings (SSSR count). The SMILES string of the molecule is CC(C)OC(=O)CCCNc1nccnc1C#N. The summed E-state index contributed by atoms with van der Waals surface area (Å²) in [5.74, 6) is 0.226. The molecule has 0 unspecified atom stereocenters. The van der Waals surface area contributed by atoms with E-state index >= 15 is 0 Å². The van der Waals surface area contributed by atoms with E-state index in [1.165, 1.54) is 12.4 Å². The van der Waals surface area contributed by atoms with Gasteiger partial charge in [0.25, 0.3) is 0 Å². The Labute approximate surface area is 106 Å². The van der Waals surface area contributed by atoms with Gasteiger partial charge in [0, 0.05) is 25.4 Å². The highest BCUT2D eigenvalue weighted by atomic mass is 16.5. The van der Waals surface area contributed by atoms with Crippen LogP contribution in [0.5, 0.6) is 0 Å². The molecule has 0 aromatic carbocycles. The van der Waals surface area contributed by atoms with E-state index in [2.05, 4.69) is 15.3 Å². The highest BCUT2D eigenvalue weighted by Crippen LogP contribution is 2.06. The van der Waals surface area contributed by atoms with Crippen LogP contribution in [0.4, 0.5) is 5.82 Å². The van der Waals surface area contributed by atoms with Crippen LogP contribution in [0.15, 0.2) is 12.4 Å². The lowest BCUT2D eigenvalue weighted by Gasteiger charge is -2.08. The number of rotatable bonds is 6. The first-order chi connectivity index (χ1) is 8.63. The second kappa shape index (κ2) is 7.22. The van der Waals surface area contributed by atoms with Crippen molar-refractivity contribution in [3.63, 3.8) is 0 Å². The Kier molecular flexibility index (Phi) is 5.58. The summed E-state index contributed by atoms with van der Waals surface area (Å²) < 4.78 is 5.00. The monoisotopic (exact) mass is 248 g/mol. The van der Waals surface area contributed by atoms with Gasteiger partial charge in [0.05, 0.1) is 6.10 Å². The number of nitrogens with one attached hydrogen (secondary N) is 1. The van der Waals surface area contributed by atoms with Crippen molar-refractivity contribution in [3.05, 3.63) is 18.1 Å². The molecule has 18 heavy (non-hydrogen) atoms. The molecule has 0 fully saturated rings. The molecular weight excluding hydrogens is 232 g/mol. The Morgan fingerprint density at radius 3 is 2.89 bits per heavy atom. The van der Waals surface area contributed by atoms with Gasteiger partial charge in [-0.05, 0) is 20.3 Å². The van der Waals surface area contributed by atoms with Crippen molar-refractivity contribution in [2.45, 2.75) is 32.8 Å². The van der Waals surface area contributed by atoms with Gasteiger partial charge in [-0.25, -0.2) is 9.97 Å². The van der Waals surface area contributed by atoms with Crippen molar-refractivity contribution >= 4 is 11.8 Å². The molecule has 0 aliphatic carbocycles. The van der Waals surface area contributed by atoms with Gasteiger partial charge in [0.1, 0.15) is 6.07 Å². The van der Waals surface area contributed by atoms with Gasteiger partial charge in [-0.1, -0.05) is 0 Å². The number of ether oxygens (including phenoxy) is 1. The average Bonchev–Trinajstić information content (AvgIpc) is 2.34. The number of carbonyl (C=O) groups excluding carboxylic acids is 1. The van der Waals surface area contributed by atoms with Crippen LogP contribution < -0.4 is 5.32 Å². The smallest absolute Gasteiger partial charge is 0.306 e. The van der Waals surface area contributed by atoms with E-state index in [0.29, 0.717) is 25.2 Å². The second-order valence-electron chi connectivity index (χ2n) is 3.93. The van der Waals surface area contributed by atoms with Gasteiger partial charge in [-0.15, -0.1) is 0 Å². The maximum atomic E-state index is 11.3. The molecule has 0 aliphatic heterocycles. The molecular formula is C12H16N4O2. The summed E-state index contributed by atoms with van der Waals surface area (Å²) >= 11 is 0. The van der Waals surface area contributed by atoms with Crippen LogP contribution in [0.1, 0.15) is 32.4 Å². The van der Waals surface area contributed by atoms with E-state index in [0.717, 1.165) is 0 Å². The molecule has 1 aromatic heterocycles. The molecule has 0 radical (unpaired) electrons. The quantitative estimate of drug-likeness (QED) is 0.606. The van der Waals surface area contributed by atoms with E-state index in [4.69, 9.17) is 10.00 Å². The van der Waals surface area contributed by atoms with Crippen LogP contribution in [0, 0.1) is 11.3 Å². The minimum Gasteiger partial charge on any atom is -0.463 e. The van der Waals surface area contributed by atoms with Crippen molar-refractivity contribution in [2.24, 2.45) is 0 Å². The van der Waals surface area contributed by atoms with Crippen LogP contribution in [-0.2, 0) is 9.53 Å². The predicted octanol–water partition coefficient (Wildman–Crippen LogP) is 1.49. The lowest BCUT2D eigenvalue weighted by Crippen LogP contribution is -2.13. The number of anilines is 1. The number of aromatic nitrogens is 2. The summed E-state index contributed by atoms with van der Waals surface area (Å²) in [6.07, 6.45) is 3.84. The topological polar surface area (TPSA) is 87.9 Å². The van der Waals surface area contributed by atoms with Crippen LogP contribution in [0.25, 0.3) is 0 Å². The first kappa shape index (κ1) is 13.9. The minimum atomic E-state index is -0.216. The largest absolute Gasteiger partial charge is 0.463 e. The Hall–Kier alpha value is -2.16. The molecule has 0 spiro atoms. The van der Waals surface area contributed by atoms with Gasteiger partial charge in [-0.3, -0.25) is 4.79 Å². The standard InChI is InChI=1S/C12H16N4O2/c1-9(2)18-11(17)4-3-5-15-12-10(8-13)14-6-7-16-12/h6-7,9H,3-5H2,1-2H3,(H,15,16). The maximum Gasteiger partial charge on any atom is 0.306 e. The van der Waals surface area contributed by atoms with Crippen LogP contribution in [-0.4, -0.2) is 28.6 Å². The Morgan fingerprint density at radius 2 is 2.22 bits per heavy atom. The normalized spacial score (nSPS) is 9.89. The maximum absolute atomic E-state index is 11.3. The number of esters is 1. The summed E-state index contributed by atoms with van der Waals surface area (Å²) in [6, 6.07) is 1.94. The van der Waals surface area contributed by atoms with Crippen molar-refractivity contribution < 1.29 is 9.53 Å². The molecule has 96 valence electrons. The van der Waals surface area contributed by atoms with Crippen molar-refractivity contribution in [2.75, 3.05) is 11.9 Å². The minimum absolute atomic E-state index is 0.0874. The Bertz CT molecular complexity index is 440. The summed E-state index contributed by atoms with van der Waals surface area (Å²) in [7, 11) is 0. The fraction of sp³-hybridized carbons (Fsp3) is 0.500. The second-order valence-corrected chi connectivity index (χ2v) is 3.93. The molecule has 0 bridgehead atoms. The van der Waals surface area contributed by atoms with Crippen molar-refractivity contribution in [3.8, 4) is 6.07 Å². The third-order valence-corrected chi connectivity index (χ3v) is 2.02. The first-order valence-electron chi connectivity index (χ1n) is 5.78. The molecule has 0 aliphatic rings. The summed E-state index contributed by atoms with van der Waals surface area (Å²) in [6.45, 7) is 4.17. The highest BCUT2D eigenvalue weighted by Gasteiger charge is 2.06. The third-order valence-electron chi connectivity index (χ3n) is 2.02. The van der Waals surface area contributed by atoms with Gasteiger partial charge < -0.3 is 10.1 Å². The molecule has 1 heterocycles. The lowest BCUT2D eigenvalue weighted by molar-refractivity contribution is -0.147. The van der Waals surface area contributed by atoms with E-state index in [-0.39, 0.29) is 17.8 Å². The van der Waals surface area contributed by atoms with E-state index in [9.17, 15) is 4.79 Å². The molecule has 6 nitrogen and oxygen atoms in total. The number of hydrogen-bond donors (Lipinski definition) is 1. The van der Waals surface area contributed by atoms with Crippen LogP contribution >= 0.6 is 0 Å². The summed E-state index contributed by atoms with van der Waals surface area (Å²) in [5.41, 5.74) is 0.252. The first-order valence-corrected chi connectivity index (χ1v) is 5.78. The van der Waals surface area contributed by atoms with Crippen LogP contribution in [0.2, 0.25) is 0 Å². The Morgan fingerprint density at radius 1 is 1.50 bits per heavy atom. The number of nitriles is 1. The van der Waals surface area contributed by atoms with Gasteiger partial charge in [0.15, 0.2) is 11.5 Å². The molecule has 0 saturated heterocycles. The zero-order valence-electron chi connectivity index (χ0n) is 10.5. The molecule has 1 aromatic rings. The van der Waals surface area contributed by atoms with Crippen LogP contribution in [0.3, 0.4) is 0 Å². The fourth-order valence-corrected chi connectivity index (χ4v) is 1.31. The zero-order valence-corrected chi connectivity index (χ0v) is 10.5. The fourth-order valence-electron chi connectivity index (χ4n) is 1.31. The molecule has 1 N–H and O–H groups in total. The zero-order chi connectivity index (χ0) is 13.4. The van der Waals surface area contributed by atoms with Gasteiger partial charge >= 0.3 is 5.97 Å². The number of carbonyl (C=O) groups is 1. The van der Waals surface area contributed by atoms with Gasteiger partial charge in [0.2, 0.25) is 0 Å². The molecule has 6 heteroatoms. The molecule has 0 saturated carbocycles. The average molecular weight is 248 g/mol. The van der Waals surface area contributed by atoms with Crippen molar-refractivity contribution in [1.29, 1.82) is 5.26 Å². The third kappa shape index (κ3) is 4.78. The van der Waals surface area contributed by atoms with Gasteiger partial charge in [-0.2, -0.15) is 5.26 Å². The van der Waals surface area contributed by atoms with E-state index in [1.54, 1.807) is 0 Å². The lowest BCUT2D eigenvalue weighted by atomic mass is 10.3. The van der Waals surface area contributed by atoms with E-state index in [1.807, 2.05) is 19.9 Å². The predicted molar refractivity (Wildman–Crippen MR) is 65.7 cm³/mol. The number of hydrogen-bond acceptors (Lipinski definition) is 6. The molecule has 0 amide bonds. The van der Waals surface area contributed by atoms with E-state index < -0.39 is 0 Å². The summed E-state index contributed by atoms with van der Waals surface area (Å²) in [4.78, 5) is 19.1.